The summed E-state index contributed by atoms with van der Waals surface area (Å²) >= 11 is 0. The zero-order chi connectivity index (χ0) is 10.9. The van der Waals surface area contributed by atoms with Gasteiger partial charge in [-0.1, -0.05) is 0 Å². The molecule has 0 radical (unpaired) electrons. The monoisotopic (exact) mass is 221 g/mol. The van der Waals surface area contributed by atoms with Gasteiger partial charge in [-0.3, -0.25) is 4.90 Å². The van der Waals surface area contributed by atoms with E-state index in [4.69, 9.17) is 0 Å². The van der Waals surface area contributed by atoms with Crippen molar-refractivity contribution in [3.63, 3.8) is 0 Å². The Balaban J connectivity index is 4.55. The average Bonchev–Trinajstić information content (AvgIpc) is 1.83. The van der Waals surface area contributed by atoms with Crippen molar-refractivity contribution in [1.82, 2.24) is 4.90 Å². The predicted molar refractivity (Wildman–Crippen MR) is 39.2 cm³/mol. The van der Waals surface area contributed by atoms with E-state index >= 15 is 0 Å². The van der Waals surface area contributed by atoms with Crippen LogP contribution in [0.1, 0.15) is 6.92 Å². The molecule has 0 aromatic heterocycles. The molecule has 0 rings (SSSR count). The molecule has 8 heteroatoms. The first kappa shape index (κ1) is 12.7. The normalized spacial score (nSPS) is 16.2. The topological polar surface area (TPSA) is 46.6 Å². The van der Waals surface area contributed by atoms with Gasteiger partial charge in [-0.2, -0.15) is 21.6 Å². The molecule has 0 fully saturated rings. The predicted octanol–water partition coefficient (Wildman–Crippen LogP) is 0.760. The van der Waals surface area contributed by atoms with Crippen LogP contribution >= 0.6 is 0 Å². The van der Waals surface area contributed by atoms with Crippen LogP contribution in [0.25, 0.3) is 0 Å². The van der Waals surface area contributed by atoms with Crippen LogP contribution in [-0.2, 0) is 14.3 Å². The number of halogens is 3. The second-order valence-electron chi connectivity index (χ2n) is 2.56. The molecule has 0 heterocycles. The highest BCUT2D eigenvalue weighted by Crippen LogP contribution is 2.25. The van der Waals surface area contributed by atoms with Gasteiger partial charge in [0.2, 0.25) is 0 Å². The van der Waals surface area contributed by atoms with Gasteiger partial charge in [0, 0.05) is 0 Å². The SMILES string of the molecule is C[C@@H](OS(=O)(=O)C(F)(F)F)N(C)C. The zero-order valence-corrected chi connectivity index (χ0v) is 8.11. The summed E-state index contributed by atoms with van der Waals surface area (Å²) in [5.41, 5.74) is -5.36. The van der Waals surface area contributed by atoms with Crippen molar-refractivity contribution >= 4 is 10.1 Å². The van der Waals surface area contributed by atoms with E-state index in [1.807, 2.05) is 0 Å². The van der Waals surface area contributed by atoms with Crippen LogP contribution in [-0.4, -0.2) is 39.1 Å². The van der Waals surface area contributed by atoms with Gasteiger partial charge in [0.1, 0.15) is 6.23 Å². The van der Waals surface area contributed by atoms with Crippen molar-refractivity contribution in [3.8, 4) is 0 Å². The zero-order valence-electron chi connectivity index (χ0n) is 7.29. The molecule has 80 valence electrons. The molecule has 1 atom stereocenters. The fourth-order valence-electron chi connectivity index (χ4n) is 0.324. The standard InChI is InChI=1S/C5H10F3NO3S/c1-4(9(2)3)12-13(10,11)5(6,7)8/h4H,1-3H3/t4-/m1/s1. The maximum Gasteiger partial charge on any atom is 0.523 e. The Morgan fingerprint density at radius 2 is 1.69 bits per heavy atom. The largest absolute Gasteiger partial charge is 0.523 e. The minimum Gasteiger partial charge on any atom is -0.284 e. The van der Waals surface area contributed by atoms with Crippen LogP contribution in [0.4, 0.5) is 13.2 Å². The highest BCUT2D eigenvalue weighted by molar-refractivity contribution is 7.87. The molecule has 0 unspecified atom stereocenters. The second-order valence-corrected chi connectivity index (χ2v) is 4.12. The van der Waals surface area contributed by atoms with E-state index in [0.29, 0.717) is 0 Å². The summed E-state index contributed by atoms with van der Waals surface area (Å²) < 4.78 is 59.8. The van der Waals surface area contributed by atoms with Gasteiger partial charge in [-0.15, -0.1) is 0 Å². The van der Waals surface area contributed by atoms with Crippen LogP contribution in [0.3, 0.4) is 0 Å². The van der Waals surface area contributed by atoms with E-state index < -0.39 is 21.9 Å². The molecule has 0 saturated carbocycles. The van der Waals surface area contributed by atoms with Crippen molar-refractivity contribution < 1.29 is 25.8 Å². The van der Waals surface area contributed by atoms with E-state index in [1.165, 1.54) is 25.9 Å². The Labute approximate surface area is 74.4 Å². The van der Waals surface area contributed by atoms with E-state index in [2.05, 4.69) is 4.18 Å². The smallest absolute Gasteiger partial charge is 0.284 e. The van der Waals surface area contributed by atoms with Crippen LogP contribution in [0.5, 0.6) is 0 Å². The van der Waals surface area contributed by atoms with Crippen molar-refractivity contribution in [3.05, 3.63) is 0 Å². The minimum absolute atomic E-state index is 1.15. The molecule has 0 N–H and O–H groups in total. The second kappa shape index (κ2) is 3.81. The van der Waals surface area contributed by atoms with Gasteiger partial charge < -0.3 is 0 Å². The van der Waals surface area contributed by atoms with Gasteiger partial charge in [0.15, 0.2) is 0 Å². The summed E-state index contributed by atoms with van der Waals surface area (Å²) in [6, 6.07) is 0. The van der Waals surface area contributed by atoms with Crippen molar-refractivity contribution in [2.75, 3.05) is 14.1 Å². The highest BCUT2D eigenvalue weighted by atomic mass is 32.2. The molecule has 0 aliphatic carbocycles. The van der Waals surface area contributed by atoms with E-state index in [9.17, 15) is 21.6 Å². The summed E-state index contributed by atoms with van der Waals surface area (Å²) in [6.07, 6.45) is -1.15. The summed E-state index contributed by atoms with van der Waals surface area (Å²) in [6.45, 7) is 1.20. The maximum atomic E-state index is 11.7. The van der Waals surface area contributed by atoms with E-state index in [-0.39, 0.29) is 0 Å². The van der Waals surface area contributed by atoms with Crippen LogP contribution in [0.15, 0.2) is 0 Å². The molecule has 0 amide bonds. The summed E-state index contributed by atoms with van der Waals surface area (Å²) in [5.74, 6) is 0. The summed E-state index contributed by atoms with van der Waals surface area (Å²) in [5, 5.41) is 0. The number of rotatable bonds is 3. The van der Waals surface area contributed by atoms with Crippen LogP contribution in [0, 0.1) is 0 Å². The van der Waals surface area contributed by atoms with Gasteiger partial charge in [-0.05, 0) is 21.0 Å². The molecule has 0 saturated heterocycles. The molecular formula is C5H10F3NO3S. The molecule has 0 spiro atoms. The Morgan fingerprint density at radius 1 is 1.31 bits per heavy atom. The first-order valence-corrected chi connectivity index (χ1v) is 4.64. The highest BCUT2D eigenvalue weighted by Gasteiger charge is 2.48. The third-order valence-electron chi connectivity index (χ3n) is 1.28. The quantitative estimate of drug-likeness (QED) is 0.401. The Bertz CT molecular complexity index is 259. The first-order valence-electron chi connectivity index (χ1n) is 3.24. The third-order valence-corrected chi connectivity index (χ3v) is 2.38. The number of hydrogen-bond donors (Lipinski definition) is 0. The van der Waals surface area contributed by atoms with Crippen molar-refractivity contribution in [2.45, 2.75) is 18.7 Å². The van der Waals surface area contributed by atoms with Crippen molar-refractivity contribution in [1.29, 1.82) is 0 Å². The lowest BCUT2D eigenvalue weighted by Gasteiger charge is -2.20. The molecule has 0 bridgehead atoms. The lowest BCUT2D eigenvalue weighted by Crippen LogP contribution is -2.35. The fourth-order valence-corrected chi connectivity index (χ4v) is 0.972. The van der Waals surface area contributed by atoms with Gasteiger partial charge in [0.05, 0.1) is 0 Å². The number of alkyl halides is 3. The lowest BCUT2D eigenvalue weighted by atomic mass is 10.6. The van der Waals surface area contributed by atoms with Crippen molar-refractivity contribution in [2.24, 2.45) is 0 Å². The molecule has 0 aromatic rings. The molecule has 0 aliphatic heterocycles. The molecule has 13 heavy (non-hydrogen) atoms. The Morgan fingerprint density at radius 3 is 1.92 bits per heavy atom. The van der Waals surface area contributed by atoms with Crippen LogP contribution in [0.2, 0.25) is 0 Å². The van der Waals surface area contributed by atoms with Gasteiger partial charge in [-0.25, -0.2) is 4.18 Å². The summed E-state index contributed by atoms with van der Waals surface area (Å²) in [4.78, 5) is 1.20. The Kier molecular flexibility index (Phi) is 3.71. The van der Waals surface area contributed by atoms with E-state index in [1.54, 1.807) is 0 Å². The van der Waals surface area contributed by atoms with Gasteiger partial charge in [0.25, 0.3) is 0 Å². The molecular weight excluding hydrogens is 211 g/mol. The lowest BCUT2D eigenvalue weighted by molar-refractivity contribution is -0.0624. The molecule has 4 nitrogen and oxygen atoms in total. The number of nitrogens with zero attached hydrogens (tertiary/aromatic N) is 1. The Hall–Kier alpha value is -0.340. The molecule has 0 aromatic carbocycles. The average molecular weight is 221 g/mol. The number of hydrogen-bond acceptors (Lipinski definition) is 4. The van der Waals surface area contributed by atoms with E-state index in [0.717, 1.165) is 0 Å². The molecule has 0 aliphatic rings. The summed E-state index contributed by atoms with van der Waals surface area (Å²) in [7, 11) is -2.68. The minimum atomic E-state index is -5.48. The third kappa shape index (κ3) is 3.49. The fraction of sp³-hybridized carbons (Fsp3) is 1.00. The first-order chi connectivity index (χ1) is 5.58. The van der Waals surface area contributed by atoms with Gasteiger partial charge >= 0.3 is 15.6 Å². The van der Waals surface area contributed by atoms with Crippen LogP contribution < -0.4 is 0 Å². The maximum absolute atomic E-state index is 11.7.